The third kappa shape index (κ3) is 4.19. The number of hydrogen-bond acceptors (Lipinski definition) is 13. The molecule has 5 rings (SSSR count). The van der Waals surface area contributed by atoms with Gasteiger partial charge in [0.2, 0.25) is 5.91 Å². The number of likely N-dealkylation sites (N-methyl/N-ethyl adjacent to an activating group) is 1. The molecule has 2 aromatic rings. The first-order valence-electron chi connectivity index (χ1n) is 14.3. The van der Waals surface area contributed by atoms with Crippen LogP contribution in [0.3, 0.4) is 0 Å². The Bertz CT molecular complexity index is 1810. The summed E-state index contributed by atoms with van der Waals surface area (Å²) in [5.41, 5.74) is 13.4. The summed E-state index contributed by atoms with van der Waals surface area (Å²) in [6.45, 7) is 1.23. The molecule has 2 saturated carbocycles. The minimum Gasteiger partial charge on any atom is -0.507 e. The van der Waals surface area contributed by atoms with Gasteiger partial charge in [-0.3, -0.25) is 33.7 Å². The topological polar surface area (TPSA) is 240 Å². The van der Waals surface area contributed by atoms with Crippen molar-refractivity contribution in [2.24, 2.45) is 34.5 Å². The predicted octanol–water partition coefficient (Wildman–Crippen LogP) is -0.533. The number of hydrogen-bond donors (Lipinski definition) is 4. The SMILES string of the molecule is CC(=O)Oc1cccc(-c2cc(N(C)C)c3c(c2O)C(=O)C2C(=O)[C@]4(C#N)C(=O)C(C(N)=O)C(=O)[C@@H](N(C)C)[C@]4(N)C[C@]2(N)C3)c1. The number of rotatable bonds is 5. The number of benzene rings is 2. The maximum atomic E-state index is 14.6. The average molecular weight is 631 g/mol. The van der Waals surface area contributed by atoms with Gasteiger partial charge in [0.1, 0.15) is 17.4 Å². The summed E-state index contributed by atoms with van der Waals surface area (Å²) in [6.07, 6.45) is -0.720. The van der Waals surface area contributed by atoms with Gasteiger partial charge in [-0.25, -0.2) is 0 Å². The molecule has 1 amide bonds. The third-order valence-electron chi connectivity index (χ3n) is 9.46. The Hall–Kier alpha value is -4.97. The lowest BCUT2D eigenvalue weighted by Crippen LogP contribution is -2.85. The molecule has 3 aliphatic rings. The first kappa shape index (κ1) is 32.4. The highest BCUT2D eigenvalue weighted by Gasteiger charge is 2.78. The van der Waals surface area contributed by atoms with E-state index in [4.69, 9.17) is 21.9 Å². The van der Waals surface area contributed by atoms with Gasteiger partial charge in [-0.15, -0.1) is 0 Å². The Morgan fingerprint density at radius 3 is 2.26 bits per heavy atom. The van der Waals surface area contributed by atoms with Gasteiger partial charge in [-0.2, -0.15) is 5.26 Å². The molecule has 6 atom stereocenters. The van der Waals surface area contributed by atoms with Gasteiger partial charge in [0.15, 0.2) is 34.5 Å². The number of ketones is 4. The van der Waals surface area contributed by atoms with E-state index in [-0.39, 0.29) is 28.9 Å². The van der Waals surface area contributed by atoms with Crippen molar-refractivity contribution in [3.05, 3.63) is 41.5 Å². The number of carbonyl (C=O) groups is 6. The number of phenols is 1. The minimum absolute atomic E-state index is 0.168. The number of primary amides is 1. The smallest absolute Gasteiger partial charge is 0.308 e. The van der Waals surface area contributed by atoms with Gasteiger partial charge < -0.3 is 31.9 Å². The van der Waals surface area contributed by atoms with E-state index in [1.807, 2.05) is 0 Å². The highest BCUT2D eigenvalue weighted by atomic mass is 16.5. The fraction of sp³-hybridized carbons (Fsp3) is 0.406. The Labute approximate surface area is 264 Å². The van der Waals surface area contributed by atoms with Crippen LogP contribution < -0.4 is 26.8 Å². The van der Waals surface area contributed by atoms with Crippen molar-refractivity contribution in [3.63, 3.8) is 0 Å². The molecular formula is C32H34N6O8. The van der Waals surface area contributed by atoms with Crippen LogP contribution in [0.5, 0.6) is 11.5 Å². The largest absolute Gasteiger partial charge is 0.507 e. The van der Waals surface area contributed by atoms with Gasteiger partial charge >= 0.3 is 5.97 Å². The van der Waals surface area contributed by atoms with Gasteiger partial charge in [0, 0.05) is 37.8 Å². The molecular weight excluding hydrogens is 596 g/mol. The van der Waals surface area contributed by atoms with E-state index >= 15 is 0 Å². The van der Waals surface area contributed by atoms with Crippen LogP contribution in [0.2, 0.25) is 0 Å². The van der Waals surface area contributed by atoms with Gasteiger partial charge in [0.25, 0.3) is 0 Å². The molecule has 14 nitrogen and oxygen atoms in total. The molecule has 0 bridgehead atoms. The van der Waals surface area contributed by atoms with E-state index < -0.39 is 81.6 Å². The van der Waals surface area contributed by atoms with Crippen LogP contribution in [0.15, 0.2) is 30.3 Å². The van der Waals surface area contributed by atoms with Crippen molar-refractivity contribution in [2.45, 2.75) is 36.9 Å². The quantitative estimate of drug-likeness (QED) is 0.185. The zero-order valence-electron chi connectivity index (χ0n) is 25.9. The lowest BCUT2D eigenvalue weighted by Gasteiger charge is -2.60. The van der Waals surface area contributed by atoms with E-state index in [0.717, 1.165) is 0 Å². The van der Waals surface area contributed by atoms with Crippen LogP contribution in [-0.4, -0.2) is 90.3 Å². The molecule has 0 aliphatic heterocycles. The molecule has 14 heteroatoms. The molecule has 2 aromatic carbocycles. The number of anilines is 1. The number of nitriles is 1. The number of nitrogens with zero attached hydrogens (tertiary/aromatic N) is 3. The molecule has 46 heavy (non-hydrogen) atoms. The molecule has 7 N–H and O–H groups in total. The van der Waals surface area contributed by atoms with Crippen molar-refractivity contribution in [3.8, 4) is 28.7 Å². The summed E-state index contributed by atoms with van der Waals surface area (Å²) >= 11 is 0. The number of aromatic hydroxyl groups is 1. The van der Waals surface area contributed by atoms with Gasteiger partial charge in [-0.05, 0) is 56.3 Å². The van der Waals surface area contributed by atoms with E-state index in [9.17, 15) is 39.1 Å². The fourth-order valence-electron chi connectivity index (χ4n) is 7.77. The number of amides is 1. The normalized spacial score (nSPS) is 30.2. The number of phenolic OH excluding ortho intramolecular Hbond substituents is 1. The molecule has 0 radical (unpaired) electrons. The highest BCUT2D eigenvalue weighted by Crippen LogP contribution is 2.57. The molecule has 0 aromatic heterocycles. The van der Waals surface area contributed by atoms with E-state index in [0.29, 0.717) is 11.3 Å². The fourth-order valence-corrected chi connectivity index (χ4v) is 7.77. The summed E-state index contributed by atoms with van der Waals surface area (Å²) in [7, 11) is 6.28. The van der Waals surface area contributed by atoms with Crippen LogP contribution in [0.25, 0.3) is 11.1 Å². The lowest BCUT2D eigenvalue weighted by molar-refractivity contribution is -0.166. The van der Waals surface area contributed by atoms with Crippen molar-refractivity contribution in [2.75, 3.05) is 33.1 Å². The third-order valence-corrected chi connectivity index (χ3v) is 9.46. The van der Waals surface area contributed by atoms with Gasteiger partial charge in [0.05, 0.1) is 23.2 Å². The van der Waals surface area contributed by atoms with E-state index in [1.165, 1.54) is 38.1 Å². The molecule has 0 spiro atoms. The Balaban J connectivity index is 1.77. The Kier molecular flexibility index (Phi) is 7.44. The zero-order valence-corrected chi connectivity index (χ0v) is 25.9. The second kappa shape index (κ2) is 10.5. The summed E-state index contributed by atoms with van der Waals surface area (Å²) in [5.74, 6) is -10.8. The molecule has 2 unspecified atom stereocenters. The monoisotopic (exact) mass is 630 g/mol. The van der Waals surface area contributed by atoms with E-state index in [2.05, 4.69) is 0 Å². The highest BCUT2D eigenvalue weighted by molar-refractivity contribution is 6.33. The van der Waals surface area contributed by atoms with Crippen molar-refractivity contribution in [1.82, 2.24) is 4.90 Å². The predicted molar refractivity (Wildman–Crippen MR) is 162 cm³/mol. The van der Waals surface area contributed by atoms with Crippen molar-refractivity contribution < 1.29 is 38.6 Å². The summed E-state index contributed by atoms with van der Waals surface area (Å²) in [4.78, 5) is 83.6. The van der Waals surface area contributed by atoms with Crippen molar-refractivity contribution >= 4 is 40.7 Å². The standard InChI is InChI=1S/C32H34N6O8/c1-14(39)46-16-8-6-7-15(9-16)17-10-19(37(2)3)18-11-30(35)12-32(36)26(38(4)5)25(42)21(29(34)45)27(43)31(32,13-33)28(44)22(30)24(41)20(18)23(17)40/h6-10,21-22,26,40H,11-12,35-36H2,1-5H3,(H2,34,45)/t21?,22?,26-,30-,31+,32-/m1/s1. The minimum atomic E-state index is -2.84. The van der Waals surface area contributed by atoms with E-state index in [1.54, 1.807) is 43.3 Å². The number of fused-ring (bicyclic) bond motifs is 3. The summed E-state index contributed by atoms with van der Waals surface area (Å²) in [5, 5.41) is 22.2. The first-order valence-corrected chi connectivity index (χ1v) is 14.3. The van der Waals surface area contributed by atoms with Crippen LogP contribution in [0.1, 0.15) is 29.3 Å². The van der Waals surface area contributed by atoms with Crippen molar-refractivity contribution in [1.29, 1.82) is 5.26 Å². The average Bonchev–Trinajstić information content (AvgIpc) is 2.91. The number of nitrogens with two attached hydrogens (primary N) is 3. The summed E-state index contributed by atoms with van der Waals surface area (Å²) in [6, 6.07) is 8.06. The second-order valence-electron chi connectivity index (χ2n) is 12.8. The number of ether oxygens (including phenoxy) is 1. The summed E-state index contributed by atoms with van der Waals surface area (Å²) < 4.78 is 5.18. The number of esters is 1. The number of carbonyl (C=O) groups excluding carboxylic acids is 6. The molecule has 0 saturated heterocycles. The second-order valence-corrected chi connectivity index (χ2v) is 12.8. The lowest BCUT2D eigenvalue weighted by atomic mass is 9.42. The maximum absolute atomic E-state index is 14.6. The molecule has 240 valence electrons. The molecule has 2 fully saturated rings. The van der Waals surface area contributed by atoms with Crippen LogP contribution >= 0.6 is 0 Å². The Morgan fingerprint density at radius 2 is 1.72 bits per heavy atom. The van der Waals surface area contributed by atoms with Crippen LogP contribution in [-0.2, 0) is 30.4 Å². The Morgan fingerprint density at radius 1 is 1.07 bits per heavy atom. The number of Topliss-reactive ketones (excluding diaryl/α,β-unsaturated/α-hetero) is 4. The zero-order chi connectivity index (χ0) is 34.3. The molecule has 0 heterocycles. The van der Waals surface area contributed by atoms with Crippen LogP contribution in [0.4, 0.5) is 5.69 Å². The maximum Gasteiger partial charge on any atom is 0.308 e. The van der Waals surface area contributed by atoms with Gasteiger partial charge in [-0.1, -0.05) is 12.1 Å². The first-order chi connectivity index (χ1) is 21.4. The van der Waals surface area contributed by atoms with Crippen LogP contribution in [0, 0.1) is 28.6 Å². The molecule has 3 aliphatic carbocycles.